The van der Waals surface area contributed by atoms with Crippen molar-refractivity contribution < 1.29 is 9.90 Å². The van der Waals surface area contributed by atoms with Crippen LogP contribution in [0, 0.1) is 12.3 Å². The number of amides is 1. The molecule has 4 nitrogen and oxygen atoms in total. The molecular formula is C12H20N2O2S. The van der Waals surface area contributed by atoms with Gasteiger partial charge in [-0.1, -0.05) is 13.8 Å². The Balaban J connectivity index is 2.58. The number of aliphatic hydroxyl groups is 1. The first-order valence-electron chi connectivity index (χ1n) is 5.88. The Labute approximate surface area is 106 Å². The summed E-state index contributed by atoms with van der Waals surface area (Å²) in [5.41, 5.74) is 0.257. The molecule has 0 unspecified atom stereocenters. The topological polar surface area (TPSA) is 62.2 Å². The fourth-order valence-electron chi connectivity index (χ4n) is 1.61. The highest BCUT2D eigenvalue weighted by atomic mass is 32.1. The second-order valence-electron chi connectivity index (χ2n) is 4.30. The highest BCUT2D eigenvalue weighted by Gasteiger charge is 2.26. The summed E-state index contributed by atoms with van der Waals surface area (Å²) in [7, 11) is 0. The van der Waals surface area contributed by atoms with Crippen LogP contribution in [0.3, 0.4) is 0 Å². The van der Waals surface area contributed by atoms with Gasteiger partial charge in [0.2, 0.25) is 0 Å². The predicted molar refractivity (Wildman–Crippen MR) is 69.3 cm³/mol. The average molecular weight is 256 g/mol. The van der Waals surface area contributed by atoms with E-state index in [0.717, 1.165) is 17.8 Å². The van der Waals surface area contributed by atoms with Crippen molar-refractivity contribution in [3.05, 3.63) is 16.1 Å². The molecule has 1 heterocycles. The summed E-state index contributed by atoms with van der Waals surface area (Å²) >= 11 is 1.46. The zero-order valence-electron chi connectivity index (χ0n) is 10.6. The predicted octanol–water partition coefficient (Wildman–Crippen LogP) is 1.98. The minimum atomic E-state index is -0.208. The standard InChI is InChI=1S/C12H20N2O2S/c1-4-12(5-2,8-15)7-13-11(16)10-6-17-9(3)14-10/h6,15H,4-5,7-8H2,1-3H3,(H,13,16). The molecule has 0 saturated carbocycles. The van der Waals surface area contributed by atoms with Crippen LogP contribution < -0.4 is 5.32 Å². The van der Waals surface area contributed by atoms with E-state index in [0.29, 0.717) is 12.2 Å². The maximum atomic E-state index is 11.8. The van der Waals surface area contributed by atoms with Crippen LogP contribution in [0.5, 0.6) is 0 Å². The van der Waals surface area contributed by atoms with Crippen LogP contribution in [0.15, 0.2) is 5.38 Å². The lowest BCUT2D eigenvalue weighted by atomic mass is 9.83. The van der Waals surface area contributed by atoms with Crippen LogP contribution in [0.1, 0.15) is 42.2 Å². The lowest BCUT2D eigenvalue weighted by Gasteiger charge is -2.29. The zero-order chi connectivity index (χ0) is 12.9. The maximum Gasteiger partial charge on any atom is 0.270 e. The van der Waals surface area contributed by atoms with E-state index in [2.05, 4.69) is 10.3 Å². The van der Waals surface area contributed by atoms with Crippen molar-refractivity contribution in [3.8, 4) is 0 Å². The van der Waals surface area contributed by atoms with Crippen LogP contribution >= 0.6 is 11.3 Å². The number of hydrogen-bond donors (Lipinski definition) is 2. The molecule has 0 aliphatic heterocycles. The number of aromatic nitrogens is 1. The van der Waals surface area contributed by atoms with E-state index in [1.54, 1.807) is 5.38 Å². The molecule has 0 aliphatic carbocycles. The summed E-state index contributed by atoms with van der Waals surface area (Å²) in [6.07, 6.45) is 1.69. The molecule has 0 spiro atoms. The number of rotatable bonds is 6. The van der Waals surface area contributed by atoms with Crippen molar-refractivity contribution in [2.24, 2.45) is 5.41 Å². The van der Waals surface area contributed by atoms with Crippen molar-refractivity contribution in [3.63, 3.8) is 0 Å². The van der Waals surface area contributed by atoms with E-state index in [1.807, 2.05) is 20.8 Å². The first kappa shape index (κ1) is 14.1. The summed E-state index contributed by atoms with van der Waals surface area (Å²) in [5.74, 6) is -0.158. The van der Waals surface area contributed by atoms with Gasteiger partial charge in [-0.2, -0.15) is 0 Å². The van der Waals surface area contributed by atoms with Crippen LogP contribution in [0.4, 0.5) is 0 Å². The van der Waals surface area contributed by atoms with Crippen LogP contribution in [0.2, 0.25) is 0 Å². The molecule has 0 atom stereocenters. The summed E-state index contributed by atoms with van der Waals surface area (Å²) in [5, 5.41) is 14.9. The van der Waals surface area contributed by atoms with E-state index in [1.165, 1.54) is 11.3 Å². The largest absolute Gasteiger partial charge is 0.396 e. The van der Waals surface area contributed by atoms with Gasteiger partial charge < -0.3 is 10.4 Å². The van der Waals surface area contributed by atoms with Crippen LogP contribution in [-0.2, 0) is 0 Å². The lowest BCUT2D eigenvalue weighted by Crippen LogP contribution is -2.39. The number of carbonyl (C=O) groups is 1. The van der Waals surface area contributed by atoms with Crippen molar-refractivity contribution in [2.45, 2.75) is 33.6 Å². The Bertz CT molecular complexity index is 364. The van der Waals surface area contributed by atoms with Crippen molar-refractivity contribution in [2.75, 3.05) is 13.2 Å². The molecule has 0 saturated heterocycles. The Kier molecular flexibility index (Phi) is 5.08. The fourth-order valence-corrected chi connectivity index (χ4v) is 2.20. The quantitative estimate of drug-likeness (QED) is 0.818. The smallest absolute Gasteiger partial charge is 0.270 e. The fraction of sp³-hybridized carbons (Fsp3) is 0.667. The van der Waals surface area contributed by atoms with Gasteiger partial charge in [0.15, 0.2) is 0 Å². The minimum Gasteiger partial charge on any atom is -0.396 e. The average Bonchev–Trinajstić information content (AvgIpc) is 2.78. The van der Waals surface area contributed by atoms with Gasteiger partial charge in [-0.15, -0.1) is 11.3 Å². The Morgan fingerprint density at radius 3 is 2.59 bits per heavy atom. The van der Waals surface area contributed by atoms with Gasteiger partial charge >= 0.3 is 0 Å². The lowest BCUT2D eigenvalue weighted by molar-refractivity contribution is 0.0847. The highest BCUT2D eigenvalue weighted by Crippen LogP contribution is 2.24. The molecule has 0 bridgehead atoms. The number of hydrogen-bond acceptors (Lipinski definition) is 4. The number of aryl methyl sites for hydroxylation is 1. The summed E-state index contributed by atoms with van der Waals surface area (Å²) in [6.45, 7) is 6.51. The van der Waals surface area contributed by atoms with Gasteiger partial charge in [0, 0.05) is 17.3 Å². The monoisotopic (exact) mass is 256 g/mol. The van der Waals surface area contributed by atoms with Gasteiger partial charge in [0.25, 0.3) is 5.91 Å². The van der Waals surface area contributed by atoms with E-state index >= 15 is 0 Å². The third-order valence-corrected chi connectivity index (χ3v) is 4.08. The normalized spacial score (nSPS) is 11.5. The molecule has 1 rings (SSSR count). The molecular weight excluding hydrogens is 236 g/mol. The summed E-state index contributed by atoms with van der Waals surface area (Å²) < 4.78 is 0. The molecule has 1 aromatic heterocycles. The van der Waals surface area contributed by atoms with Gasteiger partial charge in [-0.25, -0.2) is 4.98 Å². The number of thiazole rings is 1. The molecule has 0 radical (unpaired) electrons. The maximum absolute atomic E-state index is 11.8. The zero-order valence-corrected chi connectivity index (χ0v) is 11.4. The first-order chi connectivity index (χ1) is 8.06. The Morgan fingerprint density at radius 1 is 1.53 bits per heavy atom. The molecule has 1 amide bonds. The molecule has 1 aromatic rings. The summed E-state index contributed by atoms with van der Waals surface area (Å²) in [6, 6.07) is 0. The third kappa shape index (κ3) is 3.51. The van der Waals surface area contributed by atoms with Crippen LogP contribution in [-0.4, -0.2) is 29.1 Å². The van der Waals surface area contributed by atoms with Gasteiger partial charge in [0.1, 0.15) is 5.69 Å². The van der Waals surface area contributed by atoms with Crippen molar-refractivity contribution in [1.82, 2.24) is 10.3 Å². The first-order valence-corrected chi connectivity index (χ1v) is 6.76. The highest BCUT2D eigenvalue weighted by molar-refractivity contribution is 7.09. The van der Waals surface area contributed by atoms with Crippen molar-refractivity contribution >= 4 is 17.2 Å². The molecule has 96 valence electrons. The second kappa shape index (κ2) is 6.12. The number of nitrogens with one attached hydrogen (secondary N) is 1. The van der Waals surface area contributed by atoms with Crippen molar-refractivity contribution in [1.29, 1.82) is 0 Å². The molecule has 0 aliphatic rings. The number of aliphatic hydroxyl groups excluding tert-OH is 1. The summed E-state index contributed by atoms with van der Waals surface area (Å²) in [4.78, 5) is 15.9. The Morgan fingerprint density at radius 2 is 2.18 bits per heavy atom. The molecule has 0 fully saturated rings. The molecule has 0 aromatic carbocycles. The molecule has 2 N–H and O–H groups in total. The van der Waals surface area contributed by atoms with Gasteiger partial charge in [-0.3, -0.25) is 4.79 Å². The van der Waals surface area contributed by atoms with E-state index in [4.69, 9.17) is 0 Å². The minimum absolute atomic E-state index is 0.0936. The van der Waals surface area contributed by atoms with Crippen LogP contribution in [0.25, 0.3) is 0 Å². The van der Waals surface area contributed by atoms with Gasteiger partial charge in [-0.05, 0) is 19.8 Å². The van der Waals surface area contributed by atoms with E-state index in [9.17, 15) is 9.90 Å². The second-order valence-corrected chi connectivity index (χ2v) is 5.36. The SMILES string of the molecule is CCC(CC)(CO)CNC(=O)c1csc(C)n1. The Hall–Kier alpha value is -0.940. The molecule has 5 heteroatoms. The third-order valence-electron chi connectivity index (χ3n) is 3.31. The molecule has 17 heavy (non-hydrogen) atoms. The van der Waals surface area contributed by atoms with E-state index < -0.39 is 0 Å². The number of carbonyl (C=O) groups excluding carboxylic acids is 1. The van der Waals surface area contributed by atoms with Gasteiger partial charge in [0.05, 0.1) is 11.6 Å². The number of nitrogens with zero attached hydrogens (tertiary/aromatic N) is 1. The van der Waals surface area contributed by atoms with E-state index in [-0.39, 0.29) is 17.9 Å².